The van der Waals surface area contributed by atoms with Gasteiger partial charge in [-0.15, -0.1) is 12.4 Å². The number of carbonyl (C=O) groups is 1. The molecule has 0 saturated heterocycles. The second kappa shape index (κ2) is 7.10. The average molecular weight is 330 g/mol. The van der Waals surface area contributed by atoms with Crippen LogP contribution in [-0.4, -0.2) is 36.1 Å². The third kappa shape index (κ3) is 3.12. The van der Waals surface area contributed by atoms with Crippen molar-refractivity contribution in [3.8, 4) is 5.75 Å². The lowest BCUT2D eigenvalue weighted by atomic mass is 10.0. The van der Waals surface area contributed by atoms with Crippen LogP contribution >= 0.6 is 12.4 Å². The van der Waals surface area contributed by atoms with Crippen molar-refractivity contribution in [2.24, 2.45) is 5.73 Å². The molecule has 9 heteroatoms. The van der Waals surface area contributed by atoms with Crippen molar-refractivity contribution in [2.75, 3.05) is 14.2 Å². The van der Waals surface area contributed by atoms with Crippen LogP contribution < -0.4 is 10.5 Å². The van der Waals surface area contributed by atoms with E-state index in [-0.39, 0.29) is 24.5 Å². The molecular weight excluding hydrogens is 314 g/mol. The maximum atomic E-state index is 11.4. The molecule has 0 fully saturated rings. The smallest absolute Gasteiger partial charge is 0.322 e. The Balaban J connectivity index is 0.00000242. The summed E-state index contributed by atoms with van der Waals surface area (Å²) in [6.07, 6.45) is 1.71. The highest BCUT2D eigenvalue weighted by Crippen LogP contribution is 2.35. The minimum atomic E-state index is -0.889. The topological polar surface area (TPSA) is 120 Å². The molecule has 0 radical (unpaired) electrons. The summed E-state index contributed by atoms with van der Waals surface area (Å²) in [7, 11) is 2.71. The molecule has 1 aromatic carbocycles. The number of nitrogens with one attached hydrogen (secondary N) is 1. The van der Waals surface area contributed by atoms with E-state index in [1.165, 1.54) is 26.4 Å². The molecule has 0 bridgehead atoms. The van der Waals surface area contributed by atoms with Crippen LogP contribution in [0.15, 0.2) is 18.3 Å². The number of nitrogens with zero attached hydrogens (tertiary/aromatic N) is 1. The quantitative estimate of drug-likeness (QED) is 0.487. The van der Waals surface area contributed by atoms with E-state index in [2.05, 4.69) is 9.72 Å². The summed E-state index contributed by atoms with van der Waals surface area (Å²) in [6, 6.07) is 1.99. The monoisotopic (exact) mass is 329 g/mol. The SMILES string of the molecule is COC(=O)C(N)Cc1c[nH]c2c(OC)ccc([N+](=O)[O-])c12.Cl. The number of hydrogen-bond donors (Lipinski definition) is 2. The lowest BCUT2D eigenvalue weighted by molar-refractivity contribution is -0.383. The van der Waals surface area contributed by atoms with Gasteiger partial charge in [0.05, 0.1) is 30.0 Å². The van der Waals surface area contributed by atoms with Gasteiger partial charge in [0.15, 0.2) is 0 Å². The van der Waals surface area contributed by atoms with Gasteiger partial charge >= 0.3 is 5.97 Å². The Bertz CT molecular complexity index is 700. The van der Waals surface area contributed by atoms with Gasteiger partial charge in [0, 0.05) is 18.7 Å². The number of nitrogens with two attached hydrogens (primary N) is 1. The summed E-state index contributed by atoms with van der Waals surface area (Å²) in [5.74, 6) is -0.0941. The summed E-state index contributed by atoms with van der Waals surface area (Å²) in [5, 5.41) is 11.6. The fourth-order valence-electron chi connectivity index (χ4n) is 2.23. The largest absolute Gasteiger partial charge is 0.495 e. The zero-order valence-electron chi connectivity index (χ0n) is 12.0. The highest BCUT2D eigenvalue weighted by molar-refractivity contribution is 5.96. The molecule has 1 atom stereocenters. The van der Waals surface area contributed by atoms with E-state index in [0.29, 0.717) is 22.2 Å². The highest BCUT2D eigenvalue weighted by atomic mass is 35.5. The number of esters is 1. The minimum Gasteiger partial charge on any atom is -0.495 e. The molecule has 1 heterocycles. The van der Waals surface area contributed by atoms with Crippen LogP contribution in [0.3, 0.4) is 0 Å². The van der Waals surface area contributed by atoms with E-state index in [1.54, 1.807) is 6.20 Å². The van der Waals surface area contributed by atoms with Crippen molar-refractivity contribution in [3.63, 3.8) is 0 Å². The Morgan fingerprint density at radius 1 is 1.45 bits per heavy atom. The number of aromatic amines is 1. The molecule has 120 valence electrons. The fourth-order valence-corrected chi connectivity index (χ4v) is 2.23. The van der Waals surface area contributed by atoms with E-state index >= 15 is 0 Å². The molecule has 0 saturated carbocycles. The van der Waals surface area contributed by atoms with E-state index in [0.717, 1.165) is 0 Å². The number of nitro benzene ring substituents is 1. The summed E-state index contributed by atoms with van der Waals surface area (Å²) < 4.78 is 9.74. The third-order valence-corrected chi connectivity index (χ3v) is 3.22. The van der Waals surface area contributed by atoms with Crippen LogP contribution in [0.2, 0.25) is 0 Å². The van der Waals surface area contributed by atoms with Gasteiger partial charge in [-0.2, -0.15) is 0 Å². The Morgan fingerprint density at radius 2 is 2.14 bits per heavy atom. The van der Waals surface area contributed by atoms with Gasteiger partial charge in [-0.05, 0) is 11.6 Å². The fraction of sp³-hybridized carbons (Fsp3) is 0.308. The molecule has 0 spiro atoms. The molecule has 22 heavy (non-hydrogen) atoms. The van der Waals surface area contributed by atoms with Crippen molar-refractivity contribution in [1.29, 1.82) is 0 Å². The zero-order chi connectivity index (χ0) is 15.6. The molecule has 2 aromatic rings. The van der Waals surface area contributed by atoms with Gasteiger partial charge in [0.2, 0.25) is 0 Å². The van der Waals surface area contributed by atoms with Gasteiger partial charge in [0.25, 0.3) is 5.69 Å². The van der Waals surface area contributed by atoms with Gasteiger partial charge in [-0.1, -0.05) is 0 Å². The molecule has 0 aliphatic rings. The first kappa shape index (κ1) is 17.7. The first-order valence-corrected chi connectivity index (χ1v) is 6.14. The van der Waals surface area contributed by atoms with Crippen molar-refractivity contribution < 1.29 is 19.2 Å². The molecule has 3 N–H and O–H groups in total. The third-order valence-electron chi connectivity index (χ3n) is 3.22. The number of nitro groups is 1. The lowest BCUT2D eigenvalue weighted by Gasteiger charge is -2.08. The van der Waals surface area contributed by atoms with Crippen molar-refractivity contribution >= 4 is 35.0 Å². The zero-order valence-corrected chi connectivity index (χ0v) is 12.8. The number of halogens is 1. The molecule has 1 aromatic heterocycles. The van der Waals surface area contributed by atoms with Crippen LogP contribution in [0.5, 0.6) is 5.75 Å². The van der Waals surface area contributed by atoms with E-state index in [9.17, 15) is 14.9 Å². The van der Waals surface area contributed by atoms with Gasteiger partial charge in [0.1, 0.15) is 11.8 Å². The molecular formula is C13H16ClN3O5. The van der Waals surface area contributed by atoms with E-state index in [4.69, 9.17) is 10.5 Å². The predicted octanol–water partition coefficient (Wildman–Crippen LogP) is 1.55. The van der Waals surface area contributed by atoms with E-state index < -0.39 is 16.9 Å². The Labute approximate surface area is 132 Å². The number of benzene rings is 1. The summed E-state index contributed by atoms with van der Waals surface area (Å²) in [4.78, 5) is 25.0. The Kier molecular flexibility index (Phi) is 5.72. The number of fused-ring (bicyclic) bond motifs is 1. The van der Waals surface area contributed by atoms with Gasteiger partial charge < -0.3 is 20.2 Å². The minimum absolute atomic E-state index is 0. The van der Waals surface area contributed by atoms with Crippen molar-refractivity contribution in [3.05, 3.63) is 34.0 Å². The predicted molar refractivity (Wildman–Crippen MR) is 82.4 cm³/mol. The van der Waals surface area contributed by atoms with Crippen molar-refractivity contribution in [1.82, 2.24) is 4.98 Å². The maximum absolute atomic E-state index is 11.4. The number of aromatic nitrogens is 1. The number of hydrogen-bond acceptors (Lipinski definition) is 6. The molecule has 1 unspecified atom stereocenters. The number of non-ortho nitro benzene ring substituents is 1. The number of ether oxygens (including phenoxy) is 2. The first-order chi connectivity index (χ1) is 9.99. The Morgan fingerprint density at radius 3 is 2.68 bits per heavy atom. The first-order valence-electron chi connectivity index (χ1n) is 6.14. The van der Waals surface area contributed by atoms with Gasteiger partial charge in [-0.3, -0.25) is 14.9 Å². The molecule has 0 aliphatic heterocycles. The molecule has 8 nitrogen and oxygen atoms in total. The maximum Gasteiger partial charge on any atom is 0.322 e. The van der Waals surface area contributed by atoms with Crippen LogP contribution in [-0.2, 0) is 16.0 Å². The molecule has 0 aliphatic carbocycles. The average Bonchev–Trinajstić information content (AvgIpc) is 2.89. The summed E-state index contributed by atoms with van der Waals surface area (Å²) >= 11 is 0. The van der Waals surface area contributed by atoms with Crippen LogP contribution in [0, 0.1) is 10.1 Å². The van der Waals surface area contributed by atoms with Crippen LogP contribution in [0.4, 0.5) is 5.69 Å². The number of carbonyl (C=O) groups excluding carboxylic acids is 1. The summed E-state index contributed by atoms with van der Waals surface area (Å²) in [6.45, 7) is 0. The molecule has 0 amide bonds. The molecule has 2 rings (SSSR count). The lowest BCUT2D eigenvalue weighted by Crippen LogP contribution is -2.33. The highest BCUT2D eigenvalue weighted by Gasteiger charge is 2.23. The van der Waals surface area contributed by atoms with Crippen LogP contribution in [0.1, 0.15) is 5.56 Å². The number of rotatable bonds is 5. The standard InChI is InChI=1S/C13H15N3O5.ClH/c1-20-10-4-3-9(16(18)19)11-7(6-15-12(10)11)5-8(14)13(17)21-2;/h3-4,6,8,15H,5,14H2,1-2H3;1H. The van der Waals surface area contributed by atoms with Gasteiger partial charge in [-0.25, -0.2) is 0 Å². The summed E-state index contributed by atoms with van der Waals surface area (Å²) in [5.41, 5.74) is 6.71. The second-order valence-electron chi connectivity index (χ2n) is 4.44. The number of H-pyrrole nitrogens is 1. The van der Waals surface area contributed by atoms with E-state index in [1.807, 2.05) is 0 Å². The van der Waals surface area contributed by atoms with Crippen molar-refractivity contribution in [2.45, 2.75) is 12.5 Å². The normalized spacial score (nSPS) is 11.6. The second-order valence-corrected chi connectivity index (χ2v) is 4.44. The Hall–Kier alpha value is -2.32. The van der Waals surface area contributed by atoms with Crippen LogP contribution in [0.25, 0.3) is 10.9 Å². The number of methoxy groups -OCH3 is 2.